The number of fused-ring (bicyclic) bond motifs is 1. The zero-order valence-corrected chi connectivity index (χ0v) is 16.0. The second-order valence-corrected chi connectivity index (χ2v) is 6.67. The molecule has 31 heavy (non-hydrogen) atoms. The van der Waals surface area contributed by atoms with Gasteiger partial charge >= 0.3 is 5.97 Å². The number of nitro benzene ring substituents is 1. The van der Waals surface area contributed by atoms with Gasteiger partial charge < -0.3 is 5.11 Å². The normalized spacial score (nSPS) is 11.1. The van der Waals surface area contributed by atoms with Crippen LogP contribution >= 0.6 is 0 Å². The molecule has 8 nitrogen and oxygen atoms in total. The molecule has 4 aromatic rings. The highest BCUT2D eigenvalue weighted by atomic mass is 16.6. The molecule has 0 fully saturated rings. The summed E-state index contributed by atoms with van der Waals surface area (Å²) in [7, 11) is 0. The van der Waals surface area contributed by atoms with Gasteiger partial charge in [0.1, 0.15) is 5.82 Å². The van der Waals surface area contributed by atoms with Crippen molar-refractivity contribution >= 4 is 34.7 Å². The lowest BCUT2D eigenvalue weighted by molar-refractivity contribution is -0.384. The SMILES string of the molecule is O=C(O)c1cccc(-n2c(C=Cc3cccc([N+](=O)[O-])c3)nc3ccccc3c2=O)c1. The summed E-state index contributed by atoms with van der Waals surface area (Å²) >= 11 is 0. The van der Waals surface area contributed by atoms with E-state index in [-0.39, 0.29) is 22.6 Å². The van der Waals surface area contributed by atoms with E-state index in [0.717, 1.165) is 0 Å². The number of aromatic carboxylic acids is 1. The summed E-state index contributed by atoms with van der Waals surface area (Å²) < 4.78 is 1.32. The minimum Gasteiger partial charge on any atom is -0.478 e. The van der Waals surface area contributed by atoms with Crippen LogP contribution < -0.4 is 5.56 Å². The number of non-ortho nitro benzene ring substituents is 1. The predicted molar refractivity (Wildman–Crippen MR) is 116 cm³/mol. The average Bonchev–Trinajstić information content (AvgIpc) is 2.78. The molecule has 4 rings (SSSR count). The van der Waals surface area contributed by atoms with E-state index in [1.54, 1.807) is 60.7 Å². The molecule has 8 heteroatoms. The highest BCUT2D eigenvalue weighted by Crippen LogP contribution is 2.18. The number of benzene rings is 3. The van der Waals surface area contributed by atoms with Gasteiger partial charge in [0.05, 0.1) is 27.1 Å². The van der Waals surface area contributed by atoms with Crippen LogP contribution in [0.15, 0.2) is 77.6 Å². The first-order valence-corrected chi connectivity index (χ1v) is 9.22. The van der Waals surface area contributed by atoms with Gasteiger partial charge in [-0.3, -0.25) is 19.5 Å². The maximum Gasteiger partial charge on any atom is 0.335 e. The first kappa shape index (κ1) is 19.7. The molecule has 0 unspecified atom stereocenters. The molecular formula is C23H15N3O5. The van der Waals surface area contributed by atoms with E-state index < -0.39 is 10.9 Å². The first-order chi connectivity index (χ1) is 14.9. The Bertz CT molecular complexity index is 1420. The summed E-state index contributed by atoms with van der Waals surface area (Å²) in [5, 5.41) is 20.7. The molecule has 0 bridgehead atoms. The zero-order chi connectivity index (χ0) is 22.0. The number of carbonyl (C=O) groups is 1. The maximum atomic E-state index is 13.2. The highest BCUT2D eigenvalue weighted by molar-refractivity contribution is 5.88. The Morgan fingerprint density at radius 3 is 2.55 bits per heavy atom. The molecule has 0 aliphatic carbocycles. The Kier molecular flexibility index (Phi) is 5.11. The van der Waals surface area contributed by atoms with E-state index in [9.17, 15) is 24.8 Å². The number of nitro groups is 1. The van der Waals surface area contributed by atoms with E-state index in [1.165, 1.54) is 28.8 Å². The van der Waals surface area contributed by atoms with Crippen molar-refractivity contribution in [2.24, 2.45) is 0 Å². The monoisotopic (exact) mass is 413 g/mol. The highest BCUT2D eigenvalue weighted by Gasteiger charge is 2.13. The third-order valence-corrected chi connectivity index (χ3v) is 4.66. The molecule has 0 radical (unpaired) electrons. The summed E-state index contributed by atoms with van der Waals surface area (Å²) in [5.41, 5.74) is 1.01. The number of carboxylic acid groups (broad SMARTS) is 1. The fourth-order valence-corrected chi connectivity index (χ4v) is 3.20. The maximum absolute atomic E-state index is 13.2. The number of rotatable bonds is 5. The van der Waals surface area contributed by atoms with Crippen LogP contribution in [0.4, 0.5) is 5.69 Å². The van der Waals surface area contributed by atoms with Gasteiger partial charge in [0.15, 0.2) is 0 Å². The summed E-state index contributed by atoms with van der Waals surface area (Å²) in [6.45, 7) is 0. The van der Waals surface area contributed by atoms with Crippen molar-refractivity contribution in [1.29, 1.82) is 0 Å². The second kappa shape index (κ2) is 8.03. The molecular weight excluding hydrogens is 398 g/mol. The van der Waals surface area contributed by atoms with Crippen LogP contribution in [0.25, 0.3) is 28.7 Å². The van der Waals surface area contributed by atoms with Gasteiger partial charge in [-0.2, -0.15) is 0 Å². The predicted octanol–water partition coefficient (Wildman–Crippen LogP) is 4.16. The van der Waals surface area contributed by atoms with Gasteiger partial charge in [0.25, 0.3) is 11.2 Å². The van der Waals surface area contributed by atoms with E-state index >= 15 is 0 Å². The molecule has 0 aliphatic heterocycles. The van der Waals surface area contributed by atoms with Gasteiger partial charge in [-0.1, -0.05) is 36.4 Å². The summed E-state index contributed by atoms with van der Waals surface area (Å²) in [6.07, 6.45) is 3.18. The average molecular weight is 413 g/mol. The van der Waals surface area contributed by atoms with Gasteiger partial charge in [0, 0.05) is 12.1 Å². The summed E-state index contributed by atoms with van der Waals surface area (Å²) in [4.78, 5) is 39.7. The molecule has 0 saturated carbocycles. The lowest BCUT2D eigenvalue weighted by Crippen LogP contribution is -2.22. The van der Waals surface area contributed by atoms with E-state index in [0.29, 0.717) is 22.2 Å². The standard InChI is InChI=1S/C23H15N3O5/c27-22-19-9-1-2-10-20(19)24-21(12-11-15-5-3-8-18(13-15)26(30)31)25(22)17-7-4-6-16(14-17)23(28)29/h1-14H,(H,28,29). The van der Waals surface area contributed by atoms with Crippen molar-refractivity contribution in [3.63, 3.8) is 0 Å². The number of nitrogens with zero attached hydrogens (tertiary/aromatic N) is 3. The van der Waals surface area contributed by atoms with Crippen LogP contribution in [-0.4, -0.2) is 25.6 Å². The Labute approximate surface area is 175 Å². The third-order valence-electron chi connectivity index (χ3n) is 4.66. The smallest absolute Gasteiger partial charge is 0.335 e. The zero-order valence-electron chi connectivity index (χ0n) is 16.0. The number of hydrogen-bond donors (Lipinski definition) is 1. The van der Waals surface area contributed by atoms with Crippen molar-refractivity contribution in [3.05, 3.63) is 110 Å². The minimum atomic E-state index is -1.11. The third kappa shape index (κ3) is 3.95. The van der Waals surface area contributed by atoms with Gasteiger partial charge in [0.2, 0.25) is 0 Å². The van der Waals surface area contributed by atoms with Gasteiger partial charge in [-0.15, -0.1) is 0 Å². The molecule has 1 aromatic heterocycles. The topological polar surface area (TPSA) is 115 Å². The van der Waals surface area contributed by atoms with E-state index in [4.69, 9.17) is 0 Å². The fourth-order valence-electron chi connectivity index (χ4n) is 3.20. The molecule has 0 atom stereocenters. The second-order valence-electron chi connectivity index (χ2n) is 6.67. The quantitative estimate of drug-likeness (QED) is 0.388. The summed E-state index contributed by atoms with van der Waals surface area (Å²) in [6, 6.07) is 18.9. The van der Waals surface area contributed by atoms with Crippen molar-refractivity contribution < 1.29 is 14.8 Å². The van der Waals surface area contributed by atoms with Crippen molar-refractivity contribution in [1.82, 2.24) is 9.55 Å². The van der Waals surface area contributed by atoms with Crippen LogP contribution in [0.2, 0.25) is 0 Å². The number of aromatic nitrogens is 2. The number of hydrogen-bond acceptors (Lipinski definition) is 5. The molecule has 3 aromatic carbocycles. The number of para-hydroxylation sites is 1. The number of carboxylic acids is 1. The van der Waals surface area contributed by atoms with Crippen molar-refractivity contribution in [3.8, 4) is 5.69 Å². The Morgan fingerprint density at radius 1 is 1.00 bits per heavy atom. The summed E-state index contributed by atoms with van der Waals surface area (Å²) in [5.74, 6) is -0.852. The van der Waals surface area contributed by atoms with E-state index in [1.807, 2.05) is 0 Å². The van der Waals surface area contributed by atoms with Crippen LogP contribution in [0.5, 0.6) is 0 Å². The molecule has 152 valence electrons. The van der Waals surface area contributed by atoms with Crippen LogP contribution in [0.3, 0.4) is 0 Å². The lowest BCUT2D eigenvalue weighted by Gasteiger charge is -2.12. The van der Waals surface area contributed by atoms with Crippen molar-refractivity contribution in [2.75, 3.05) is 0 Å². The van der Waals surface area contributed by atoms with Gasteiger partial charge in [-0.05, 0) is 42.0 Å². The van der Waals surface area contributed by atoms with Crippen LogP contribution in [-0.2, 0) is 0 Å². The van der Waals surface area contributed by atoms with Crippen LogP contribution in [0, 0.1) is 10.1 Å². The molecule has 0 amide bonds. The largest absolute Gasteiger partial charge is 0.478 e. The molecule has 1 heterocycles. The van der Waals surface area contributed by atoms with E-state index in [2.05, 4.69) is 4.98 Å². The minimum absolute atomic E-state index is 0.0335. The molecule has 0 saturated heterocycles. The fraction of sp³-hybridized carbons (Fsp3) is 0. The molecule has 0 aliphatic rings. The molecule has 0 spiro atoms. The lowest BCUT2D eigenvalue weighted by atomic mass is 10.1. The Morgan fingerprint density at radius 2 is 1.77 bits per heavy atom. The van der Waals surface area contributed by atoms with Crippen molar-refractivity contribution in [2.45, 2.75) is 0 Å². The molecule has 1 N–H and O–H groups in total. The van der Waals surface area contributed by atoms with Gasteiger partial charge in [-0.25, -0.2) is 9.78 Å². The Balaban J connectivity index is 1.92. The first-order valence-electron chi connectivity index (χ1n) is 9.22. The Hall–Kier alpha value is -4.59. The van der Waals surface area contributed by atoms with Crippen LogP contribution in [0.1, 0.15) is 21.7 Å².